The van der Waals surface area contributed by atoms with E-state index in [9.17, 15) is 17.6 Å². The molecule has 1 rings (SSSR count). The van der Waals surface area contributed by atoms with Crippen molar-refractivity contribution in [3.05, 3.63) is 28.0 Å². The molecule has 1 aromatic rings. The first-order valence-electron chi connectivity index (χ1n) is 5.81. The quantitative estimate of drug-likeness (QED) is 0.884. The zero-order valence-electron chi connectivity index (χ0n) is 11.4. The number of rotatable bonds is 4. The molecule has 0 saturated carbocycles. The molecule has 0 aliphatic rings. The first kappa shape index (κ1) is 17.1. The van der Waals surface area contributed by atoms with Crippen LogP contribution in [0.3, 0.4) is 0 Å². The van der Waals surface area contributed by atoms with Gasteiger partial charge in [-0.25, -0.2) is 17.9 Å². The minimum absolute atomic E-state index is 0.0134. The lowest BCUT2D eigenvalue weighted by Crippen LogP contribution is -2.31. The number of halogens is 2. The Morgan fingerprint density at radius 1 is 1.45 bits per heavy atom. The normalized spacial score (nSPS) is 11.8. The van der Waals surface area contributed by atoms with Crippen molar-refractivity contribution in [2.75, 3.05) is 13.6 Å². The Labute approximate surface area is 126 Å². The van der Waals surface area contributed by atoms with Crippen LogP contribution in [0.4, 0.5) is 4.39 Å². The Balaban J connectivity index is 3.29. The van der Waals surface area contributed by atoms with E-state index in [1.807, 2.05) is 13.8 Å². The third-order valence-electron chi connectivity index (χ3n) is 2.54. The fraction of sp³-hybridized carbons (Fsp3) is 0.417. The van der Waals surface area contributed by atoms with E-state index in [0.717, 1.165) is 12.1 Å². The summed E-state index contributed by atoms with van der Waals surface area (Å²) in [6, 6.07) is 1.88. The van der Waals surface area contributed by atoms with Crippen LogP contribution >= 0.6 is 15.9 Å². The molecule has 0 radical (unpaired) electrons. The molecule has 112 valence electrons. The van der Waals surface area contributed by atoms with Crippen LogP contribution in [0.1, 0.15) is 24.2 Å². The van der Waals surface area contributed by atoms with E-state index < -0.39 is 21.7 Å². The number of carbonyl (C=O) groups excluding carboxylic acids is 1. The number of amides is 1. The molecule has 8 heteroatoms. The third kappa shape index (κ3) is 4.00. The number of nitrogens with two attached hydrogens (primary N) is 1. The number of sulfonamides is 1. The van der Waals surface area contributed by atoms with Gasteiger partial charge in [-0.15, -0.1) is 0 Å². The van der Waals surface area contributed by atoms with E-state index in [0.29, 0.717) is 6.54 Å². The van der Waals surface area contributed by atoms with Gasteiger partial charge in [0.15, 0.2) is 0 Å². The van der Waals surface area contributed by atoms with E-state index in [2.05, 4.69) is 15.9 Å². The average Bonchev–Trinajstić information content (AvgIpc) is 2.25. The molecule has 0 heterocycles. The predicted octanol–water partition coefficient (Wildman–Crippen LogP) is 1.96. The first-order chi connectivity index (χ1) is 9.04. The second kappa shape index (κ2) is 6.19. The summed E-state index contributed by atoms with van der Waals surface area (Å²) < 4.78 is 36.6. The topological polar surface area (TPSA) is 80.5 Å². The van der Waals surface area contributed by atoms with Gasteiger partial charge in [0.25, 0.3) is 5.91 Å². The van der Waals surface area contributed by atoms with Crippen molar-refractivity contribution in [1.29, 1.82) is 0 Å². The van der Waals surface area contributed by atoms with Crippen molar-refractivity contribution in [2.45, 2.75) is 18.7 Å². The molecular weight excluding hydrogens is 351 g/mol. The molecule has 20 heavy (non-hydrogen) atoms. The van der Waals surface area contributed by atoms with Crippen molar-refractivity contribution in [3.63, 3.8) is 0 Å². The van der Waals surface area contributed by atoms with Gasteiger partial charge in [0.05, 0.1) is 10.5 Å². The molecule has 2 N–H and O–H groups in total. The lowest BCUT2D eigenvalue weighted by atomic mass is 10.1. The fourth-order valence-corrected chi connectivity index (χ4v) is 3.35. The van der Waals surface area contributed by atoms with Gasteiger partial charge in [-0.05, 0) is 34.0 Å². The van der Waals surface area contributed by atoms with Crippen LogP contribution in [0.25, 0.3) is 0 Å². The molecule has 0 unspecified atom stereocenters. The summed E-state index contributed by atoms with van der Waals surface area (Å²) >= 11 is 2.92. The summed E-state index contributed by atoms with van der Waals surface area (Å²) in [5.74, 6) is -1.18. The molecule has 0 bridgehead atoms. The molecule has 5 nitrogen and oxygen atoms in total. The maximum Gasteiger partial charge on any atom is 0.256 e. The molecule has 0 aliphatic carbocycles. The molecular formula is C12H16BrFN2O3S. The van der Waals surface area contributed by atoms with Crippen LogP contribution in [0.5, 0.6) is 0 Å². The van der Waals surface area contributed by atoms with E-state index in [1.165, 1.54) is 11.9 Å². The molecule has 1 amide bonds. The van der Waals surface area contributed by atoms with Crippen molar-refractivity contribution in [2.24, 2.45) is 11.1 Å². The predicted molar refractivity (Wildman–Crippen MR) is 77.3 cm³/mol. The van der Waals surface area contributed by atoms with Crippen LogP contribution in [0, 0.1) is 11.7 Å². The Bertz CT molecular complexity index is 632. The summed E-state index contributed by atoms with van der Waals surface area (Å²) in [7, 11) is -2.51. The highest BCUT2D eigenvalue weighted by Crippen LogP contribution is 2.25. The smallest absolute Gasteiger partial charge is 0.256 e. The van der Waals surface area contributed by atoms with Gasteiger partial charge in [0.2, 0.25) is 10.0 Å². The van der Waals surface area contributed by atoms with Crippen LogP contribution in [0.15, 0.2) is 21.5 Å². The Kier molecular flexibility index (Phi) is 5.28. The van der Waals surface area contributed by atoms with Gasteiger partial charge < -0.3 is 4.90 Å². The van der Waals surface area contributed by atoms with Crippen molar-refractivity contribution < 1.29 is 17.6 Å². The molecule has 1 aromatic carbocycles. The van der Waals surface area contributed by atoms with E-state index in [-0.39, 0.29) is 20.8 Å². The van der Waals surface area contributed by atoms with Crippen LogP contribution in [0.2, 0.25) is 0 Å². The molecule has 0 fully saturated rings. The van der Waals surface area contributed by atoms with E-state index >= 15 is 0 Å². The lowest BCUT2D eigenvalue weighted by Gasteiger charge is -2.20. The van der Waals surface area contributed by atoms with Gasteiger partial charge >= 0.3 is 0 Å². The minimum Gasteiger partial charge on any atom is -0.341 e. The number of hydrogen-bond donors (Lipinski definition) is 1. The third-order valence-corrected chi connectivity index (χ3v) is 4.41. The maximum absolute atomic E-state index is 13.9. The minimum atomic E-state index is -4.04. The number of nitrogens with zero attached hydrogens (tertiary/aromatic N) is 1. The Hall–Kier alpha value is -0.990. The van der Waals surface area contributed by atoms with E-state index in [1.54, 1.807) is 0 Å². The highest BCUT2D eigenvalue weighted by Gasteiger charge is 2.22. The molecule has 0 aliphatic heterocycles. The Morgan fingerprint density at radius 2 is 2.00 bits per heavy atom. The standard InChI is InChI=1S/C12H16BrFN2O3S/c1-7(2)6-16(3)12(17)8-4-11(20(15,18)19)9(13)5-10(8)14/h4-5,7H,6H2,1-3H3,(H2,15,18,19). The number of hydrogen-bond acceptors (Lipinski definition) is 3. The van der Waals surface area contributed by atoms with Gasteiger partial charge in [-0.3, -0.25) is 4.79 Å². The highest BCUT2D eigenvalue weighted by molar-refractivity contribution is 9.10. The second-order valence-corrected chi connectivity index (χ2v) is 7.27. The SMILES string of the molecule is CC(C)CN(C)C(=O)c1cc(S(N)(=O)=O)c(Br)cc1F. The van der Waals surface area contributed by atoms with Crippen molar-refractivity contribution in [1.82, 2.24) is 4.90 Å². The van der Waals surface area contributed by atoms with Gasteiger partial charge in [-0.1, -0.05) is 13.8 Å². The number of primary sulfonamides is 1. The summed E-state index contributed by atoms with van der Waals surface area (Å²) in [6.07, 6.45) is 0. The van der Waals surface area contributed by atoms with Crippen LogP contribution in [-0.4, -0.2) is 32.8 Å². The first-order valence-corrected chi connectivity index (χ1v) is 8.15. The zero-order valence-corrected chi connectivity index (χ0v) is 13.8. The van der Waals surface area contributed by atoms with Crippen molar-refractivity contribution >= 4 is 31.9 Å². The van der Waals surface area contributed by atoms with Crippen LogP contribution in [-0.2, 0) is 10.0 Å². The molecule has 0 atom stereocenters. The zero-order chi connectivity index (χ0) is 15.7. The van der Waals surface area contributed by atoms with Gasteiger partial charge in [0, 0.05) is 18.1 Å². The average molecular weight is 367 g/mol. The maximum atomic E-state index is 13.9. The van der Waals surface area contributed by atoms with Crippen LogP contribution < -0.4 is 5.14 Å². The van der Waals surface area contributed by atoms with Gasteiger partial charge in [-0.2, -0.15) is 0 Å². The lowest BCUT2D eigenvalue weighted by molar-refractivity contribution is 0.0774. The largest absolute Gasteiger partial charge is 0.341 e. The molecule has 0 aromatic heterocycles. The number of benzene rings is 1. The Morgan fingerprint density at radius 3 is 2.45 bits per heavy atom. The summed E-state index contributed by atoms with van der Waals surface area (Å²) in [5.41, 5.74) is -0.319. The number of carbonyl (C=O) groups is 1. The van der Waals surface area contributed by atoms with Crippen molar-refractivity contribution in [3.8, 4) is 0 Å². The summed E-state index contributed by atoms with van der Waals surface area (Å²) in [4.78, 5) is 13.1. The van der Waals surface area contributed by atoms with E-state index in [4.69, 9.17) is 5.14 Å². The summed E-state index contributed by atoms with van der Waals surface area (Å²) in [5, 5.41) is 5.03. The molecule has 0 spiro atoms. The monoisotopic (exact) mass is 366 g/mol. The summed E-state index contributed by atoms with van der Waals surface area (Å²) in [6.45, 7) is 4.26. The van der Waals surface area contributed by atoms with Gasteiger partial charge in [0.1, 0.15) is 5.82 Å². The second-order valence-electron chi connectivity index (χ2n) is 4.89. The highest BCUT2D eigenvalue weighted by atomic mass is 79.9. The fourth-order valence-electron chi connectivity index (χ4n) is 1.75. The molecule has 0 saturated heterocycles.